The fraction of sp³-hybridized carbons (Fsp3) is 0.392. The predicted octanol–water partition coefficient (Wildman–Crippen LogP) is 8.22. The summed E-state index contributed by atoms with van der Waals surface area (Å²) in [6.45, 7) is 14.4. The Morgan fingerprint density at radius 1 is 0.800 bits per heavy atom. The lowest BCUT2D eigenvalue weighted by Gasteiger charge is -2.39. The number of H-pyrrole nitrogens is 1. The number of aromatic hydroxyl groups is 2. The number of hydrogen-bond donors (Lipinski definition) is 3. The van der Waals surface area contributed by atoms with Gasteiger partial charge >= 0.3 is 5.69 Å². The summed E-state index contributed by atoms with van der Waals surface area (Å²) in [5.41, 5.74) is 6.57. The van der Waals surface area contributed by atoms with Gasteiger partial charge in [-0.05, 0) is 114 Å². The summed E-state index contributed by atoms with van der Waals surface area (Å²) in [6.07, 6.45) is 4.35. The van der Waals surface area contributed by atoms with Crippen molar-refractivity contribution in [3.05, 3.63) is 135 Å². The molecule has 0 radical (unpaired) electrons. The van der Waals surface area contributed by atoms with Crippen LogP contribution in [0.4, 0.5) is 5.69 Å². The molecule has 14 nitrogen and oxygen atoms in total. The van der Waals surface area contributed by atoms with Gasteiger partial charge in [0.2, 0.25) is 5.88 Å². The van der Waals surface area contributed by atoms with Gasteiger partial charge in [-0.25, -0.2) is 14.5 Å². The number of phenolic OH excluding ortho intramolecular Hbond substituents is 2. The van der Waals surface area contributed by atoms with Gasteiger partial charge < -0.3 is 29.5 Å². The topological polar surface area (TPSA) is 162 Å². The van der Waals surface area contributed by atoms with Gasteiger partial charge in [-0.2, -0.15) is 5.10 Å². The van der Waals surface area contributed by atoms with Crippen molar-refractivity contribution in [2.24, 2.45) is 5.92 Å². The van der Waals surface area contributed by atoms with Gasteiger partial charge in [0, 0.05) is 83.7 Å². The number of aromatic amines is 1. The molecule has 2 unspecified atom stereocenters. The van der Waals surface area contributed by atoms with Crippen molar-refractivity contribution in [2.75, 3.05) is 57.3 Å². The molecule has 2 atom stereocenters. The van der Waals surface area contributed by atoms with Gasteiger partial charge in [0.25, 0.3) is 0 Å². The van der Waals surface area contributed by atoms with Gasteiger partial charge in [0.05, 0.1) is 17.4 Å². The third-order valence-corrected chi connectivity index (χ3v) is 13.4. The molecule has 3 N–H and O–H groups in total. The van der Waals surface area contributed by atoms with E-state index >= 15 is 0 Å². The summed E-state index contributed by atoms with van der Waals surface area (Å²) in [5.74, 6) is 2.18. The van der Waals surface area contributed by atoms with Crippen LogP contribution >= 0.6 is 0 Å². The van der Waals surface area contributed by atoms with Crippen molar-refractivity contribution in [1.82, 2.24) is 34.8 Å². The second kappa shape index (κ2) is 19.4. The van der Waals surface area contributed by atoms with Gasteiger partial charge in [-0.3, -0.25) is 9.69 Å². The maximum absolute atomic E-state index is 12.9. The van der Waals surface area contributed by atoms with Crippen LogP contribution in [0.25, 0.3) is 17.1 Å². The quantitative estimate of drug-likeness (QED) is 0.0955. The first-order valence-corrected chi connectivity index (χ1v) is 22.9. The van der Waals surface area contributed by atoms with E-state index in [4.69, 9.17) is 9.47 Å². The number of anilines is 1. The summed E-state index contributed by atoms with van der Waals surface area (Å²) in [6, 6.07) is 31.5. The fourth-order valence-corrected chi connectivity index (χ4v) is 9.55. The van der Waals surface area contributed by atoms with Crippen LogP contribution in [0.3, 0.4) is 0 Å². The normalized spacial score (nSPS) is 18.9. The average Bonchev–Trinajstić information content (AvgIpc) is 3.71. The number of carbonyl (C=O) groups is 1. The second-order valence-electron chi connectivity index (χ2n) is 18.1. The number of nitrogens with zero attached hydrogens (tertiary/aromatic N) is 7. The number of carbonyl (C=O) groups excluding carboxylic acids is 1. The van der Waals surface area contributed by atoms with Crippen LogP contribution in [-0.2, 0) is 11.3 Å². The molecule has 3 saturated heterocycles. The molecule has 3 fully saturated rings. The smallest absolute Gasteiger partial charge is 0.348 e. The summed E-state index contributed by atoms with van der Waals surface area (Å²) < 4.78 is 13.6. The minimum absolute atomic E-state index is 0.0127. The molecule has 338 valence electrons. The first-order valence-electron chi connectivity index (χ1n) is 22.9. The Kier molecular flexibility index (Phi) is 13.1. The molecule has 9 rings (SSSR count). The zero-order valence-electron chi connectivity index (χ0n) is 37.4. The highest BCUT2D eigenvalue weighted by Gasteiger charge is 2.28. The molecule has 4 aromatic carbocycles. The molecule has 14 heteroatoms. The summed E-state index contributed by atoms with van der Waals surface area (Å²) >= 11 is 0. The number of benzene rings is 4. The summed E-state index contributed by atoms with van der Waals surface area (Å²) in [5, 5.41) is 35.7. The zero-order chi connectivity index (χ0) is 45.0. The number of piperidine rings is 1. The largest absolute Gasteiger partial charge is 0.508 e. The van der Waals surface area contributed by atoms with E-state index in [-0.39, 0.29) is 29.3 Å². The van der Waals surface area contributed by atoms with E-state index in [9.17, 15) is 19.8 Å². The van der Waals surface area contributed by atoms with E-state index in [1.165, 1.54) is 52.8 Å². The Labute approximate surface area is 379 Å². The Hall–Kier alpha value is -6.35. The number of rotatable bonds is 13. The van der Waals surface area contributed by atoms with Gasteiger partial charge in [-0.15, -0.1) is 10.2 Å². The Balaban J connectivity index is 0.712. The number of Topliss-reactive ketones (excluding diaryl/α,β-unsaturated/α-hetero) is 1. The molecule has 0 saturated carbocycles. The van der Waals surface area contributed by atoms with Gasteiger partial charge in [0.15, 0.2) is 11.6 Å². The van der Waals surface area contributed by atoms with Crippen molar-refractivity contribution in [3.8, 4) is 40.2 Å². The zero-order valence-corrected chi connectivity index (χ0v) is 37.4. The minimum Gasteiger partial charge on any atom is -0.508 e. The Morgan fingerprint density at radius 3 is 2.17 bits per heavy atom. The Morgan fingerprint density at radius 2 is 1.49 bits per heavy atom. The maximum Gasteiger partial charge on any atom is 0.348 e. The number of hydrogen-bond acceptors (Lipinski definition) is 12. The predicted molar refractivity (Wildman–Crippen MR) is 249 cm³/mol. The van der Waals surface area contributed by atoms with E-state index in [0.29, 0.717) is 51.8 Å². The fourth-order valence-electron chi connectivity index (χ4n) is 9.55. The Bertz CT molecular complexity index is 2610. The molecular weight excluding hydrogens is 821 g/mol. The highest BCUT2D eigenvalue weighted by molar-refractivity contribution is 5.91. The molecule has 0 bridgehead atoms. The summed E-state index contributed by atoms with van der Waals surface area (Å²) in [7, 11) is 0. The van der Waals surface area contributed by atoms with Crippen molar-refractivity contribution in [1.29, 1.82) is 0 Å². The molecule has 3 aliphatic heterocycles. The third-order valence-electron chi connectivity index (χ3n) is 13.4. The third kappa shape index (κ3) is 10.1. The molecule has 0 amide bonds. The van der Waals surface area contributed by atoms with Crippen molar-refractivity contribution in [2.45, 2.75) is 70.9 Å². The lowest BCUT2D eigenvalue weighted by atomic mass is 9.86. The molecule has 3 aliphatic rings. The molecule has 65 heavy (non-hydrogen) atoms. The van der Waals surface area contributed by atoms with E-state index < -0.39 is 5.69 Å². The van der Waals surface area contributed by atoms with E-state index in [1.54, 1.807) is 18.2 Å². The second-order valence-corrected chi connectivity index (χ2v) is 18.1. The number of aromatic nitrogens is 5. The molecule has 6 aromatic rings. The average molecular weight is 879 g/mol. The molecule has 2 aromatic heterocycles. The molecular formula is C51H58N8O6. The van der Waals surface area contributed by atoms with Crippen LogP contribution < -0.4 is 15.3 Å². The number of ketones is 1. The van der Waals surface area contributed by atoms with Crippen molar-refractivity contribution >= 4 is 11.5 Å². The first-order chi connectivity index (χ1) is 31.5. The highest BCUT2D eigenvalue weighted by atomic mass is 16.5. The number of nitrogens with one attached hydrogen (secondary N) is 1. The number of piperazine rings is 1. The molecule has 0 spiro atoms. The number of ether oxygens (including phenoxy) is 2. The standard InChI is InChI=1S/C51H58N8O6/c1-33(2)43-29-44(47(62)30-46(43)61)50-54-55-51(63)59(50)41-10-4-35(5-11-41)31-56-23-25-57(26-24-56)32-36-18-21-58(22-19-36)40-12-6-38(7-13-40)48-28-39(20-27-64-48)37-8-14-42(15-9-37)65-49-17-16-45(34(3)60)52-53-49/h4-17,29-30,33,36,39,48,61-62H,18-28,31-32H2,1-3H3,(H,55,63). The lowest BCUT2D eigenvalue weighted by Crippen LogP contribution is -2.48. The lowest BCUT2D eigenvalue weighted by molar-refractivity contribution is 0.00527. The monoisotopic (exact) mass is 878 g/mol. The van der Waals surface area contributed by atoms with Crippen molar-refractivity contribution < 1.29 is 24.5 Å². The van der Waals surface area contributed by atoms with E-state index in [1.807, 2.05) is 38.1 Å². The van der Waals surface area contributed by atoms with Crippen LogP contribution in [-0.4, -0.2) is 103 Å². The SMILES string of the molecule is CC(=O)c1ccc(Oc2ccc(C3CCOC(c4ccc(N5CCC(CN6CCN(Cc7ccc(-n8c(-c9cc(C(C)C)c(O)cc9O)n[nH]c8=O)cc7)CC6)CC5)cc4)C3)cc2)nn1. The van der Waals surface area contributed by atoms with Crippen LogP contribution in [0.5, 0.6) is 23.1 Å². The van der Waals surface area contributed by atoms with E-state index in [2.05, 4.69) is 83.6 Å². The van der Waals surface area contributed by atoms with Gasteiger partial charge in [-0.1, -0.05) is 50.2 Å². The first kappa shape index (κ1) is 43.9. The van der Waals surface area contributed by atoms with Crippen LogP contribution in [0.2, 0.25) is 0 Å². The minimum atomic E-state index is -0.399. The van der Waals surface area contributed by atoms with Crippen LogP contribution in [0.15, 0.2) is 102 Å². The molecule has 5 heterocycles. The highest BCUT2D eigenvalue weighted by Crippen LogP contribution is 2.40. The van der Waals surface area contributed by atoms with Crippen LogP contribution in [0.1, 0.15) is 97.1 Å². The summed E-state index contributed by atoms with van der Waals surface area (Å²) in [4.78, 5) is 32.1. The number of phenols is 2. The molecule has 0 aliphatic carbocycles. The van der Waals surface area contributed by atoms with Crippen LogP contribution in [0, 0.1) is 5.92 Å². The maximum atomic E-state index is 12.9. The van der Waals surface area contributed by atoms with Gasteiger partial charge in [0.1, 0.15) is 22.9 Å². The van der Waals surface area contributed by atoms with E-state index in [0.717, 1.165) is 71.8 Å². The van der Waals surface area contributed by atoms with Crippen molar-refractivity contribution in [3.63, 3.8) is 0 Å².